The molecule has 0 saturated carbocycles. The Balaban J connectivity index is 2.37. The summed E-state index contributed by atoms with van der Waals surface area (Å²) in [6, 6.07) is 7.02. The minimum Gasteiger partial charge on any atom is -0.607 e. The third-order valence-corrected chi connectivity index (χ3v) is 6.21. The second-order valence-electron chi connectivity index (χ2n) is 5.70. The van der Waals surface area contributed by atoms with Gasteiger partial charge in [-0.25, -0.2) is 0 Å². The number of carbonyl (C=O) groups excluding carboxylic acids is 1. The maximum Gasteiger partial charge on any atom is 0.486 e. The van der Waals surface area contributed by atoms with Gasteiger partial charge in [0, 0.05) is 32.3 Å². The normalized spacial score (nSPS) is 13.8. The van der Waals surface area contributed by atoms with Gasteiger partial charge in [0.1, 0.15) is 0 Å². The van der Waals surface area contributed by atoms with Crippen molar-refractivity contribution in [3.05, 3.63) is 50.9 Å². The van der Waals surface area contributed by atoms with E-state index in [0.717, 1.165) is 0 Å². The van der Waals surface area contributed by atoms with Gasteiger partial charge in [0.15, 0.2) is 4.90 Å². The molecule has 0 fully saturated rings. The van der Waals surface area contributed by atoms with E-state index in [9.17, 15) is 40.1 Å². The summed E-state index contributed by atoms with van der Waals surface area (Å²) in [4.78, 5) is 11.2. The van der Waals surface area contributed by atoms with E-state index in [0.29, 0.717) is 12.1 Å². The highest BCUT2D eigenvalue weighted by Crippen LogP contribution is 2.51. The Morgan fingerprint density at radius 1 is 1.00 bits per heavy atom. The zero-order valence-electron chi connectivity index (χ0n) is 14.2. The summed E-state index contributed by atoms with van der Waals surface area (Å²) < 4.78 is 102. The Morgan fingerprint density at radius 2 is 1.53 bits per heavy atom. The Bertz CT molecular complexity index is 950. The third kappa shape index (κ3) is 4.70. The molecule has 14 heteroatoms. The van der Waals surface area contributed by atoms with Gasteiger partial charge in [0.25, 0.3) is 5.91 Å². The number of nitrogens with two attached hydrogens (primary N) is 1. The maximum absolute atomic E-state index is 13.7. The number of nitrogen functional groups attached to an aromatic ring is 1. The zero-order chi connectivity index (χ0) is 23.1. The number of amides is 1. The molecule has 4 nitrogen and oxygen atoms in total. The van der Waals surface area contributed by atoms with Gasteiger partial charge in [0.05, 0.1) is 16.9 Å². The Labute approximate surface area is 184 Å². The van der Waals surface area contributed by atoms with Crippen molar-refractivity contribution in [2.24, 2.45) is 0 Å². The van der Waals surface area contributed by atoms with Crippen LogP contribution in [0.15, 0.2) is 50.2 Å². The Hall–Kier alpha value is -1.51. The van der Waals surface area contributed by atoms with E-state index >= 15 is 0 Å². The molecular formula is C16H9Br2F7N2O2S. The molecular weight excluding hydrogens is 577 g/mol. The van der Waals surface area contributed by atoms with Gasteiger partial charge in [0.2, 0.25) is 0 Å². The monoisotopic (exact) mass is 584 g/mol. The van der Waals surface area contributed by atoms with Gasteiger partial charge >= 0.3 is 17.4 Å². The highest BCUT2D eigenvalue weighted by Gasteiger charge is 2.80. The summed E-state index contributed by atoms with van der Waals surface area (Å²) in [5.74, 6) is -7.23. The van der Waals surface area contributed by atoms with Crippen molar-refractivity contribution in [1.29, 1.82) is 0 Å². The van der Waals surface area contributed by atoms with Crippen molar-refractivity contribution in [3.63, 3.8) is 0 Å². The van der Waals surface area contributed by atoms with Crippen LogP contribution >= 0.6 is 31.9 Å². The molecule has 0 aliphatic rings. The van der Waals surface area contributed by atoms with Gasteiger partial charge in [-0.2, -0.15) is 22.0 Å². The first-order valence-electron chi connectivity index (χ1n) is 7.49. The molecule has 0 aliphatic carbocycles. The lowest BCUT2D eigenvalue weighted by Crippen LogP contribution is -2.55. The van der Waals surface area contributed by atoms with E-state index < -0.39 is 39.3 Å². The lowest BCUT2D eigenvalue weighted by Gasteiger charge is -2.28. The summed E-state index contributed by atoms with van der Waals surface area (Å²) in [5.41, 5.74) is 5.89. The topological polar surface area (TPSA) is 78.2 Å². The van der Waals surface area contributed by atoms with Crippen molar-refractivity contribution in [3.8, 4) is 0 Å². The lowest BCUT2D eigenvalue weighted by atomic mass is 10.2. The summed E-state index contributed by atoms with van der Waals surface area (Å²) >= 11 is 1.68. The molecule has 2 aromatic carbocycles. The first-order valence-corrected chi connectivity index (χ1v) is 10.2. The van der Waals surface area contributed by atoms with Crippen LogP contribution in [-0.2, 0) is 11.2 Å². The highest BCUT2D eigenvalue weighted by atomic mass is 79.9. The van der Waals surface area contributed by atoms with Crippen LogP contribution < -0.4 is 11.1 Å². The fourth-order valence-electron chi connectivity index (χ4n) is 2.07. The van der Waals surface area contributed by atoms with Crippen LogP contribution in [-0.4, -0.2) is 27.8 Å². The molecule has 0 heterocycles. The molecule has 0 spiro atoms. The predicted molar refractivity (Wildman–Crippen MR) is 103 cm³/mol. The molecule has 2 aromatic rings. The first-order chi connectivity index (χ1) is 13.6. The van der Waals surface area contributed by atoms with E-state index in [1.807, 2.05) is 0 Å². The van der Waals surface area contributed by atoms with Crippen LogP contribution in [0.25, 0.3) is 0 Å². The average molecular weight is 586 g/mol. The molecule has 1 atom stereocenters. The quantitative estimate of drug-likeness (QED) is 0.259. The van der Waals surface area contributed by atoms with Crippen molar-refractivity contribution < 1.29 is 40.1 Å². The number of hydrogen-bond acceptors (Lipinski definition) is 3. The number of benzene rings is 2. The van der Waals surface area contributed by atoms with Gasteiger partial charge in [-0.15, -0.1) is 8.78 Å². The maximum atomic E-state index is 13.7. The van der Waals surface area contributed by atoms with E-state index in [4.69, 9.17) is 5.73 Å². The van der Waals surface area contributed by atoms with E-state index in [1.54, 1.807) is 0 Å². The fourth-order valence-corrected chi connectivity index (χ4v) is 4.85. The van der Waals surface area contributed by atoms with E-state index in [-0.39, 0.29) is 25.9 Å². The molecule has 2 rings (SSSR count). The van der Waals surface area contributed by atoms with Gasteiger partial charge in [-0.05, 0) is 50.1 Å². The van der Waals surface area contributed by atoms with Gasteiger partial charge in [-0.1, -0.05) is 6.07 Å². The second-order valence-corrected chi connectivity index (χ2v) is 8.93. The molecule has 1 amide bonds. The standard InChI is InChI=1S/C16H9Br2F7N2O2S/c17-10-5-9(30(29)16(24,25)14(19,20)15(21,22)23)6-11(18)12(10)27-13(28)7-2-1-3-8(26)4-7/h1-6H,26H2,(H,27,28). The lowest BCUT2D eigenvalue weighted by molar-refractivity contribution is -0.332. The molecule has 0 radical (unpaired) electrons. The van der Waals surface area contributed by atoms with Gasteiger partial charge < -0.3 is 15.6 Å². The second kappa shape index (κ2) is 8.55. The first kappa shape index (κ1) is 24.8. The molecule has 30 heavy (non-hydrogen) atoms. The smallest absolute Gasteiger partial charge is 0.486 e. The van der Waals surface area contributed by atoms with Crippen molar-refractivity contribution >= 4 is 60.3 Å². The molecule has 1 unspecified atom stereocenters. The summed E-state index contributed by atoms with van der Waals surface area (Å²) in [7, 11) is 0. The third-order valence-electron chi connectivity index (χ3n) is 3.57. The fraction of sp³-hybridized carbons (Fsp3) is 0.188. The number of anilines is 2. The number of halogens is 9. The van der Waals surface area contributed by atoms with Crippen LogP contribution in [0.4, 0.5) is 42.1 Å². The number of hydrogen-bond donors (Lipinski definition) is 2. The minimum atomic E-state index is -6.62. The van der Waals surface area contributed by atoms with Crippen molar-refractivity contribution in [2.45, 2.75) is 22.2 Å². The Morgan fingerprint density at radius 3 is 2.00 bits per heavy atom. The number of carbonyl (C=O) groups is 1. The number of nitrogens with one attached hydrogen (secondary N) is 1. The van der Waals surface area contributed by atoms with Crippen molar-refractivity contribution in [1.82, 2.24) is 0 Å². The number of rotatable bonds is 5. The summed E-state index contributed by atoms with van der Waals surface area (Å²) in [6.07, 6.45) is -6.62. The average Bonchev–Trinajstić information content (AvgIpc) is 2.62. The molecule has 0 saturated heterocycles. The summed E-state index contributed by atoms with van der Waals surface area (Å²) in [6.45, 7) is 0. The Kier molecular flexibility index (Phi) is 7.06. The molecule has 3 N–H and O–H groups in total. The predicted octanol–water partition coefficient (Wildman–Crippen LogP) is 5.94. The van der Waals surface area contributed by atoms with Crippen LogP contribution in [0, 0.1) is 0 Å². The van der Waals surface area contributed by atoms with E-state index in [2.05, 4.69) is 37.2 Å². The van der Waals surface area contributed by atoms with Crippen LogP contribution in [0.3, 0.4) is 0 Å². The van der Waals surface area contributed by atoms with Crippen LogP contribution in [0.5, 0.6) is 0 Å². The SMILES string of the molecule is Nc1cccc(C(=O)Nc2c(Br)cc([S+]([O-])C(F)(F)C(F)(F)C(F)(F)F)cc2Br)c1. The highest BCUT2D eigenvalue weighted by molar-refractivity contribution is 9.11. The molecule has 0 bridgehead atoms. The van der Waals surface area contributed by atoms with Gasteiger partial charge in [-0.3, -0.25) is 4.79 Å². The number of alkyl halides is 7. The zero-order valence-corrected chi connectivity index (χ0v) is 18.2. The van der Waals surface area contributed by atoms with Crippen molar-refractivity contribution in [2.75, 3.05) is 11.1 Å². The van der Waals surface area contributed by atoms with Crippen LogP contribution in [0.2, 0.25) is 0 Å². The molecule has 0 aliphatic heterocycles. The van der Waals surface area contributed by atoms with Crippen LogP contribution in [0.1, 0.15) is 10.4 Å². The summed E-state index contributed by atoms with van der Waals surface area (Å²) in [5, 5.41) is -3.57. The minimum absolute atomic E-state index is 0.0749. The molecule has 164 valence electrons. The molecule has 0 aromatic heterocycles. The largest absolute Gasteiger partial charge is 0.607 e. The van der Waals surface area contributed by atoms with E-state index in [1.165, 1.54) is 24.3 Å².